The second-order valence-electron chi connectivity index (χ2n) is 8.10. The summed E-state index contributed by atoms with van der Waals surface area (Å²) in [7, 11) is 3.12. The highest BCUT2D eigenvalue weighted by molar-refractivity contribution is 6.41. The quantitative estimate of drug-likeness (QED) is 0.589. The van der Waals surface area contributed by atoms with E-state index in [1.54, 1.807) is 20.3 Å². The average molecular weight is 445 g/mol. The van der Waals surface area contributed by atoms with Crippen molar-refractivity contribution in [1.29, 1.82) is 0 Å². The molecule has 0 unspecified atom stereocenters. The van der Waals surface area contributed by atoms with E-state index in [4.69, 9.17) is 32.7 Å². The first-order valence-corrected chi connectivity index (χ1v) is 10.6. The standard InChI is InChI=1S/C22H22Cl2N4O2/c1-29-16-6-17(30-2)20(24)18(19(16)23)12-3-4-15-13(5-12)9-26-21(28-15)27-14-7-22(8-14)10-25-11-22/h3-6,9,14,25H,7-8,10-11H2,1-2H3,(H,26,27,28). The van der Waals surface area contributed by atoms with E-state index in [2.05, 4.69) is 20.6 Å². The molecule has 1 saturated heterocycles. The van der Waals surface area contributed by atoms with Gasteiger partial charge in [0.2, 0.25) is 5.95 Å². The SMILES string of the molecule is COc1cc(OC)c(Cl)c(-c2ccc3nc(NC4CC5(CNC5)C4)ncc3c2)c1Cl. The zero-order valence-corrected chi connectivity index (χ0v) is 18.3. The van der Waals surface area contributed by atoms with Crippen molar-refractivity contribution in [3.63, 3.8) is 0 Å². The maximum Gasteiger partial charge on any atom is 0.223 e. The second-order valence-corrected chi connectivity index (χ2v) is 8.86. The Kier molecular flexibility index (Phi) is 4.88. The molecule has 1 aromatic heterocycles. The Bertz CT molecular complexity index is 1100. The highest BCUT2D eigenvalue weighted by atomic mass is 35.5. The van der Waals surface area contributed by atoms with Gasteiger partial charge in [0.15, 0.2) is 0 Å². The van der Waals surface area contributed by atoms with Gasteiger partial charge in [-0.2, -0.15) is 0 Å². The van der Waals surface area contributed by atoms with Gasteiger partial charge in [-0.15, -0.1) is 0 Å². The first kappa shape index (κ1) is 19.7. The van der Waals surface area contributed by atoms with Crippen LogP contribution in [0.2, 0.25) is 10.0 Å². The predicted molar refractivity (Wildman–Crippen MR) is 120 cm³/mol. The Labute approximate surface area is 184 Å². The van der Waals surface area contributed by atoms with Crippen LogP contribution in [0.1, 0.15) is 12.8 Å². The van der Waals surface area contributed by atoms with E-state index < -0.39 is 0 Å². The van der Waals surface area contributed by atoms with Crippen LogP contribution >= 0.6 is 23.2 Å². The van der Waals surface area contributed by atoms with Gasteiger partial charge in [-0.1, -0.05) is 29.3 Å². The van der Waals surface area contributed by atoms with Crippen molar-refractivity contribution in [3.8, 4) is 22.6 Å². The molecule has 0 bridgehead atoms. The van der Waals surface area contributed by atoms with Gasteiger partial charge in [0.25, 0.3) is 0 Å². The number of fused-ring (bicyclic) bond motifs is 1. The highest BCUT2D eigenvalue weighted by Gasteiger charge is 2.48. The van der Waals surface area contributed by atoms with Gasteiger partial charge in [0.1, 0.15) is 11.5 Å². The van der Waals surface area contributed by atoms with E-state index in [1.807, 2.05) is 24.4 Å². The fourth-order valence-corrected chi connectivity index (χ4v) is 5.15. The third kappa shape index (κ3) is 3.23. The number of halogens is 2. The fraction of sp³-hybridized carbons (Fsp3) is 0.364. The number of hydrogen-bond donors (Lipinski definition) is 2. The normalized spacial score (nSPS) is 17.5. The fourth-order valence-electron chi connectivity index (χ4n) is 4.43. The molecule has 1 spiro atoms. The van der Waals surface area contributed by atoms with E-state index >= 15 is 0 Å². The Morgan fingerprint density at radius 2 is 1.77 bits per heavy atom. The van der Waals surface area contributed by atoms with Gasteiger partial charge in [-0.25, -0.2) is 9.97 Å². The lowest BCUT2D eigenvalue weighted by atomic mass is 9.62. The summed E-state index contributed by atoms with van der Waals surface area (Å²) in [6.07, 6.45) is 4.18. The lowest BCUT2D eigenvalue weighted by Gasteiger charge is -2.54. The minimum Gasteiger partial charge on any atom is -0.495 e. The van der Waals surface area contributed by atoms with Crippen LogP contribution in [0.25, 0.3) is 22.0 Å². The van der Waals surface area contributed by atoms with E-state index in [0.29, 0.717) is 44.5 Å². The predicted octanol–water partition coefficient (Wildman–Crippen LogP) is 4.78. The van der Waals surface area contributed by atoms with Gasteiger partial charge in [-0.05, 0) is 36.0 Å². The van der Waals surface area contributed by atoms with Crippen LogP contribution in [0, 0.1) is 5.41 Å². The number of benzene rings is 2. The Morgan fingerprint density at radius 1 is 1.07 bits per heavy atom. The van der Waals surface area contributed by atoms with Crippen LogP contribution in [-0.2, 0) is 0 Å². The van der Waals surface area contributed by atoms with E-state index in [1.165, 1.54) is 12.8 Å². The monoisotopic (exact) mass is 444 g/mol. The smallest absolute Gasteiger partial charge is 0.223 e. The maximum atomic E-state index is 6.56. The molecular weight excluding hydrogens is 423 g/mol. The van der Waals surface area contributed by atoms with Gasteiger partial charge < -0.3 is 20.1 Å². The topological polar surface area (TPSA) is 68.3 Å². The second kappa shape index (κ2) is 7.45. The largest absolute Gasteiger partial charge is 0.495 e. The molecule has 1 saturated carbocycles. The lowest BCUT2D eigenvalue weighted by Crippen LogP contribution is -2.63. The summed E-state index contributed by atoms with van der Waals surface area (Å²) in [6.45, 7) is 2.26. The molecule has 6 nitrogen and oxygen atoms in total. The van der Waals surface area contributed by atoms with Crippen molar-refractivity contribution >= 4 is 40.1 Å². The molecule has 0 amide bonds. The Balaban J connectivity index is 1.44. The van der Waals surface area contributed by atoms with Crippen LogP contribution in [-0.4, -0.2) is 43.3 Å². The maximum absolute atomic E-state index is 6.56. The third-order valence-corrected chi connectivity index (χ3v) is 6.88. The van der Waals surface area contributed by atoms with E-state index in [-0.39, 0.29) is 0 Å². The third-order valence-electron chi connectivity index (χ3n) is 6.13. The molecule has 1 aliphatic carbocycles. The van der Waals surface area contributed by atoms with Crippen molar-refractivity contribution in [3.05, 3.63) is 40.5 Å². The van der Waals surface area contributed by atoms with Crippen molar-refractivity contribution in [2.45, 2.75) is 18.9 Å². The summed E-state index contributed by atoms with van der Waals surface area (Å²) in [6, 6.07) is 8.01. The number of anilines is 1. The molecule has 5 rings (SSSR count). The number of hydrogen-bond acceptors (Lipinski definition) is 6. The highest BCUT2D eigenvalue weighted by Crippen LogP contribution is 2.47. The Hall–Kier alpha value is -2.28. The van der Waals surface area contributed by atoms with Gasteiger partial charge in [-0.3, -0.25) is 0 Å². The number of aromatic nitrogens is 2. The summed E-state index contributed by atoms with van der Waals surface area (Å²) in [5.41, 5.74) is 2.88. The van der Waals surface area contributed by atoms with Crippen molar-refractivity contribution in [2.75, 3.05) is 32.6 Å². The molecule has 2 aliphatic rings. The molecule has 30 heavy (non-hydrogen) atoms. The Morgan fingerprint density at radius 3 is 2.37 bits per heavy atom. The zero-order chi connectivity index (χ0) is 20.9. The molecule has 2 aromatic carbocycles. The van der Waals surface area contributed by atoms with Crippen molar-refractivity contribution < 1.29 is 9.47 Å². The first-order valence-electron chi connectivity index (χ1n) is 9.86. The molecule has 156 valence electrons. The number of nitrogens with zero attached hydrogens (tertiary/aromatic N) is 2. The summed E-state index contributed by atoms with van der Waals surface area (Å²) >= 11 is 13.1. The van der Waals surface area contributed by atoms with Crippen molar-refractivity contribution in [2.24, 2.45) is 5.41 Å². The molecule has 0 atom stereocenters. The molecular formula is C22H22Cl2N4O2. The molecule has 3 aromatic rings. The van der Waals surface area contributed by atoms with Crippen LogP contribution in [0.15, 0.2) is 30.5 Å². The summed E-state index contributed by atoms with van der Waals surface area (Å²) in [5.74, 6) is 1.67. The molecule has 2 fully saturated rings. The summed E-state index contributed by atoms with van der Waals surface area (Å²) in [4.78, 5) is 9.20. The number of ether oxygens (including phenoxy) is 2. The van der Waals surface area contributed by atoms with Crippen LogP contribution < -0.4 is 20.1 Å². The molecule has 1 aliphatic heterocycles. The van der Waals surface area contributed by atoms with Crippen molar-refractivity contribution in [1.82, 2.24) is 15.3 Å². The zero-order valence-electron chi connectivity index (χ0n) is 16.8. The first-order chi connectivity index (χ1) is 14.5. The van der Waals surface area contributed by atoms with E-state index in [9.17, 15) is 0 Å². The van der Waals surface area contributed by atoms with Gasteiger partial charge in [0, 0.05) is 42.3 Å². The molecule has 2 N–H and O–H groups in total. The van der Waals surface area contributed by atoms with Gasteiger partial charge >= 0.3 is 0 Å². The number of rotatable bonds is 5. The summed E-state index contributed by atoms with van der Waals surface area (Å²) in [5, 5.41) is 8.60. The lowest BCUT2D eigenvalue weighted by molar-refractivity contribution is 0.0468. The molecule has 8 heteroatoms. The summed E-state index contributed by atoms with van der Waals surface area (Å²) < 4.78 is 10.8. The number of nitrogens with one attached hydrogen (secondary N) is 2. The van der Waals surface area contributed by atoms with E-state index in [0.717, 1.165) is 29.6 Å². The van der Waals surface area contributed by atoms with Gasteiger partial charge in [0.05, 0.1) is 29.8 Å². The minimum absolute atomic E-state index is 0.436. The van der Waals surface area contributed by atoms with Crippen LogP contribution in [0.5, 0.6) is 11.5 Å². The van der Waals surface area contributed by atoms with Crippen LogP contribution in [0.3, 0.4) is 0 Å². The molecule has 2 heterocycles. The minimum atomic E-state index is 0.436. The van der Waals surface area contributed by atoms with Crippen LogP contribution in [0.4, 0.5) is 5.95 Å². The number of methoxy groups -OCH3 is 2. The average Bonchev–Trinajstić information content (AvgIpc) is 2.69. The molecule has 0 radical (unpaired) electrons.